The number of piperidine rings is 1. The number of nitrogens with zero attached hydrogens (tertiary/aromatic N) is 6. The predicted octanol–water partition coefficient (Wildman–Crippen LogP) is 4.52. The van der Waals surface area contributed by atoms with Crippen LogP contribution in [0, 0.1) is 19.7 Å². The predicted molar refractivity (Wildman–Crippen MR) is 141 cm³/mol. The lowest BCUT2D eigenvalue weighted by Crippen LogP contribution is -2.49. The summed E-state index contributed by atoms with van der Waals surface area (Å²) in [7, 11) is 0. The van der Waals surface area contributed by atoms with Crippen LogP contribution in [-0.2, 0) is 0 Å². The van der Waals surface area contributed by atoms with Crippen LogP contribution in [0.3, 0.4) is 0 Å². The van der Waals surface area contributed by atoms with Crippen LogP contribution in [0.5, 0.6) is 0 Å². The highest BCUT2D eigenvalue weighted by atomic mass is 19.1. The van der Waals surface area contributed by atoms with E-state index in [-0.39, 0.29) is 11.6 Å². The maximum Gasteiger partial charge on any atom is 0.262 e. The average Bonchev–Trinajstić information content (AvgIpc) is 3.36. The zero-order valence-electron chi connectivity index (χ0n) is 20.6. The summed E-state index contributed by atoms with van der Waals surface area (Å²) in [5.41, 5.74) is 3.66. The number of carbonyl (C=O) groups excluding carboxylic acids is 1. The minimum Gasteiger partial charge on any atom is -0.315 e. The summed E-state index contributed by atoms with van der Waals surface area (Å²) in [6.45, 7) is 5.56. The van der Waals surface area contributed by atoms with E-state index < -0.39 is 11.7 Å². The number of nitrogens with one attached hydrogen (secondary N) is 1. The molecule has 0 bridgehead atoms. The first-order valence-electron chi connectivity index (χ1n) is 12.4. The van der Waals surface area contributed by atoms with E-state index in [2.05, 4.69) is 31.7 Å². The monoisotopic (exact) mass is 495 g/mol. The van der Waals surface area contributed by atoms with Crippen molar-refractivity contribution in [3.8, 4) is 5.69 Å². The Morgan fingerprint density at radius 1 is 1.08 bits per heavy atom. The van der Waals surface area contributed by atoms with Gasteiger partial charge in [-0.15, -0.1) is 5.10 Å². The fourth-order valence-electron chi connectivity index (χ4n) is 5.14. The lowest BCUT2D eigenvalue weighted by atomic mass is 9.99. The van der Waals surface area contributed by atoms with E-state index >= 15 is 4.39 Å². The summed E-state index contributed by atoms with van der Waals surface area (Å²) in [5, 5.41) is 13.5. The number of hydrogen-bond donors (Lipinski definition) is 1. The number of aromatic nitrogens is 5. The van der Waals surface area contributed by atoms with Crippen LogP contribution < -0.4 is 10.2 Å². The van der Waals surface area contributed by atoms with Gasteiger partial charge in [-0.2, -0.15) is 4.68 Å². The van der Waals surface area contributed by atoms with E-state index in [9.17, 15) is 4.79 Å². The Bertz CT molecular complexity index is 1640. The van der Waals surface area contributed by atoms with Gasteiger partial charge in [-0.1, -0.05) is 17.3 Å². The van der Waals surface area contributed by atoms with Gasteiger partial charge in [0.1, 0.15) is 17.2 Å². The van der Waals surface area contributed by atoms with Gasteiger partial charge in [-0.05, 0) is 80.1 Å². The van der Waals surface area contributed by atoms with E-state index in [1.807, 2.05) is 26.0 Å². The van der Waals surface area contributed by atoms with Crippen molar-refractivity contribution < 1.29 is 9.18 Å². The fraction of sp³-hybridized carbons (Fsp3) is 0.250. The Hall–Kier alpha value is -4.24. The number of fused-ring (bicyclic) bond motifs is 2. The van der Waals surface area contributed by atoms with Crippen molar-refractivity contribution in [1.29, 1.82) is 0 Å². The standard InChI is InChI=1S/C28H26FN7O/c1-17-7-8-18(2)25-21(17)11-14-32-27(25)35(20-5-3-12-30-16-20)28(37)22-10-9-19(15-23(22)29)36-26-24(33-34-36)6-4-13-31-26/h4,6-11,13-15,20,30H,3,5,12,16H2,1-2H3/t20-/m1/s1. The molecule has 4 heterocycles. The molecule has 1 aliphatic heterocycles. The Morgan fingerprint density at radius 2 is 1.95 bits per heavy atom. The van der Waals surface area contributed by atoms with Crippen molar-refractivity contribution in [1.82, 2.24) is 30.3 Å². The minimum absolute atomic E-state index is 0.0178. The molecule has 6 rings (SSSR count). The van der Waals surface area contributed by atoms with Crippen molar-refractivity contribution >= 4 is 33.7 Å². The van der Waals surface area contributed by atoms with E-state index in [0.717, 1.165) is 41.3 Å². The Balaban J connectivity index is 1.46. The Kier molecular flexibility index (Phi) is 5.84. The highest BCUT2D eigenvalue weighted by molar-refractivity contribution is 6.11. The molecule has 1 atom stereocenters. The highest BCUT2D eigenvalue weighted by Gasteiger charge is 2.32. The second-order valence-electron chi connectivity index (χ2n) is 9.44. The van der Waals surface area contributed by atoms with Gasteiger partial charge in [0.25, 0.3) is 5.91 Å². The maximum atomic E-state index is 15.6. The summed E-state index contributed by atoms with van der Waals surface area (Å²) < 4.78 is 17.1. The molecule has 1 aliphatic rings. The third kappa shape index (κ3) is 4.01. The van der Waals surface area contributed by atoms with Crippen LogP contribution in [0.25, 0.3) is 27.6 Å². The molecule has 0 radical (unpaired) electrons. The molecule has 5 aromatic rings. The number of rotatable bonds is 4. The quantitative estimate of drug-likeness (QED) is 0.394. The first kappa shape index (κ1) is 23.2. The average molecular weight is 496 g/mol. The summed E-state index contributed by atoms with van der Waals surface area (Å²) in [4.78, 5) is 24.8. The molecule has 1 fully saturated rings. The molecule has 8 nitrogen and oxygen atoms in total. The first-order valence-corrected chi connectivity index (χ1v) is 12.4. The summed E-state index contributed by atoms with van der Waals surface area (Å²) in [5.74, 6) is -0.489. The van der Waals surface area contributed by atoms with Crippen LogP contribution >= 0.6 is 0 Å². The molecule has 9 heteroatoms. The number of hydrogen-bond acceptors (Lipinski definition) is 6. The highest BCUT2D eigenvalue weighted by Crippen LogP contribution is 2.33. The molecular formula is C28H26FN7O. The van der Waals surface area contributed by atoms with E-state index in [4.69, 9.17) is 0 Å². The van der Waals surface area contributed by atoms with Gasteiger partial charge in [0, 0.05) is 30.4 Å². The van der Waals surface area contributed by atoms with Gasteiger partial charge in [0.15, 0.2) is 5.65 Å². The largest absolute Gasteiger partial charge is 0.315 e. The third-order valence-corrected chi connectivity index (χ3v) is 7.05. The second-order valence-corrected chi connectivity index (χ2v) is 9.44. The summed E-state index contributed by atoms with van der Waals surface area (Å²) in [6.07, 6.45) is 5.08. The smallest absolute Gasteiger partial charge is 0.262 e. The van der Waals surface area contributed by atoms with Crippen molar-refractivity contribution in [2.75, 3.05) is 18.0 Å². The molecule has 186 valence electrons. The molecule has 1 amide bonds. The number of amides is 1. The van der Waals surface area contributed by atoms with Crippen molar-refractivity contribution in [2.45, 2.75) is 32.7 Å². The lowest BCUT2D eigenvalue weighted by Gasteiger charge is -2.35. The molecule has 1 saturated heterocycles. The zero-order chi connectivity index (χ0) is 25.5. The number of benzene rings is 2. The van der Waals surface area contributed by atoms with Crippen molar-refractivity contribution in [3.05, 3.63) is 83.4 Å². The minimum atomic E-state index is -0.635. The van der Waals surface area contributed by atoms with Gasteiger partial charge in [0.05, 0.1) is 17.3 Å². The summed E-state index contributed by atoms with van der Waals surface area (Å²) >= 11 is 0. The van der Waals surface area contributed by atoms with E-state index in [0.29, 0.717) is 29.2 Å². The van der Waals surface area contributed by atoms with E-state index in [1.165, 1.54) is 16.8 Å². The van der Waals surface area contributed by atoms with Crippen molar-refractivity contribution in [2.24, 2.45) is 0 Å². The SMILES string of the molecule is Cc1ccc(C)c2c(N(C(=O)c3ccc(-n4nnc5cccnc54)cc3F)[C@@H]3CCCNC3)nccc12. The molecule has 1 N–H and O–H groups in total. The molecule has 0 aliphatic carbocycles. The normalized spacial score (nSPS) is 15.8. The number of anilines is 1. The molecular weight excluding hydrogens is 469 g/mol. The number of carbonyl (C=O) groups is 1. The molecule has 3 aromatic heterocycles. The molecule has 0 spiro atoms. The second kappa shape index (κ2) is 9.33. The van der Waals surface area contributed by atoms with Crippen LogP contribution in [0.1, 0.15) is 34.3 Å². The summed E-state index contributed by atoms with van der Waals surface area (Å²) in [6, 6.07) is 14.0. The number of aryl methyl sites for hydroxylation is 2. The topological polar surface area (TPSA) is 88.8 Å². The van der Waals surface area contributed by atoms with Gasteiger partial charge >= 0.3 is 0 Å². The first-order chi connectivity index (χ1) is 18.0. The van der Waals surface area contributed by atoms with Gasteiger partial charge in [-0.3, -0.25) is 9.69 Å². The molecule has 0 saturated carbocycles. The van der Waals surface area contributed by atoms with E-state index in [1.54, 1.807) is 35.5 Å². The number of pyridine rings is 2. The molecule has 2 aromatic carbocycles. The van der Waals surface area contributed by atoms with Gasteiger partial charge in [0.2, 0.25) is 0 Å². The van der Waals surface area contributed by atoms with Crippen LogP contribution in [0.4, 0.5) is 10.2 Å². The van der Waals surface area contributed by atoms with Gasteiger partial charge in [-0.25, -0.2) is 14.4 Å². The van der Waals surface area contributed by atoms with Crippen molar-refractivity contribution in [3.63, 3.8) is 0 Å². The maximum absolute atomic E-state index is 15.6. The van der Waals surface area contributed by atoms with Crippen LogP contribution in [0.15, 0.2) is 60.9 Å². The third-order valence-electron chi connectivity index (χ3n) is 7.05. The lowest BCUT2D eigenvalue weighted by molar-refractivity contribution is 0.0968. The molecule has 0 unspecified atom stereocenters. The fourth-order valence-corrected chi connectivity index (χ4v) is 5.14. The number of halogens is 1. The van der Waals surface area contributed by atoms with Crippen LogP contribution in [-0.4, -0.2) is 50.0 Å². The Morgan fingerprint density at radius 3 is 2.76 bits per heavy atom. The van der Waals surface area contributed by atoms with Gasteiger partial charge < -0.3 is 5.32 Å². The zero-order valence-corrected chi connectivity index (χ0v) is 20.6. The van der Waals surface area contributed by atoms with Crippen LogP contribution in [0.2, 0.25) is 0 Å². The molecule has 37 heavy (non-hydrogen) atoms. The Labute approximate surface area is 213 Å².